The molecular formula is C17H23N3O4. The summed E-state index contributed by atoms with van der Waals surface area (Å²) >= 11 is 0. The van der Waals surface area contributed by atoms with E-state index in [1.165, 1.54) is 0 Å². The van der Waals surface area contributed by atoms with Crippen LogP contribution in [-0.4, -0.2) is 36.1 Å². The zero-order valence-corrected chi connectivity index (χ0v) is 13.8. The van der Waals surface area contributed by atoms with Gasteiger partial charge < -0.3 is 15.7 Å². The summed E-state index contributed by atoms with van der Waals surface area (Å²) in [6.07, 6.45) is 2.18. The van der Waals surface area contributed by atoms with Crippen molar-refractivity contribution >= 4 is 29.3 Å². The number of anilines is 2. The normalized spacial score (nSPS) is 12.6. The first-order valence-electron chi connectivity index (χ1n) is 8.21. The van der Waals surface area contributed by atoms with Crippen molar-refractivity contribution in [1.82, 2.24) is 5.32 Å². The monoisotopic (exact) mass is 333 g/mol. The zero-order chi connectivity index (χ0) is 17.5. The van der Waals surface area contributed by atoms with Crippen LogP contribution in [0.15, 0.2) is 18.2 Å². The molecule has 1 aliphatic heterocycles. The Morgan fingerprint density at radius 2 is 1.96 bits per heavy atom. The molecule has 3 amide bonds. The number of fused-ring (bicyclic) bond motifs is 1. The standard InChI is InChI=1S/C17H23N3O4/c1-2-18-17(24)20-10-9-12-7-8-13(11-14(12)20)19-15(21)5-3-4-6-16(22)23/h7-8,11H,2-6,9-10H2,1H3,(H,18,24)(H,19,21)(H,22,23). The summed E-state index contributed by atoms with van der Waals surface area (Å²) in [5, 5.41) is 14.2. The molecule has 0 bridgehead atoms. The number of carbonyl (C=O) groups excluding carboxylic acids is 2. The predicted octanol–water partition coefficient (Wildman–Crippen LogP) is 2.36. The van der Waals surface area contributed by atoms with Gasteiger partial charge in [0.15, 0.2) is 0 Å². The minimum absolute atomic E-state index is 0.0770. The van der Waals surface area contributed by atoms with Crippen LogP contribution in [0.2, 0.25) is 0 Å². The fourth-order valence-corrected chi connectivity index (χ4v) is 2.70. The van der Waals surface area contributed by atoms with Gasteiger partial charge in [0.25, 0.3) is 0 Å². The summed E-state index contributed by atoms with van der Waals surface area (Å²) in [5.41, 5.74) is 2.55. The highest BCUT2D eigenvalue weighted by Gasteiger charge is 2.24. The van der Waals surface area contributed by atoms with Crippen molar-refractivity contribution in [2.24, 2.45) is 0 Å². The van der Waals surface area contributed by atoms with Crippen molar-refractivity contribution in [2.75, 3.05) is 23.3 Å². The SMILES string of the molecule is CCNC(=O)N1CCc2ccc(NC(=O)CCCCC(=O)O)cc21. The van der Waals surface area contributed by atoms with Gasteiger partial charge in [0.2, 0.25) is 5.91 Å². The number of hydrogen-bond acceptors (Lipinski definition) is 3. The Bertz CT molecular complexity index is 630. The Kier molecular flexibility index (Phi) is 6.17. The molecule has 0 atom stereocenters. The second-order valence-electron chi connectivity index (χ2n) is 5.73. The van der Waals surface area contributed by atoms with E-state index in [1.807, 2.05) is 25.1 Å². The lowest BCUT2D eigenvalue weighted by atomic mass is 10.1. The lowest BCUT2D eigenvalue weighted by molar-refractivity contribution is -0.137. The summed E-state index contributed by atoms with van der Waals surface area (Å²) < 4.78 is 0. The van der Waals surface area contributed by atoms with E-state index < -0.39 is 5.97 Å². The number of nitrogens with one attached hydrogen (secondary N) is 2. The van der Waals surface area contributed by atoms with E-state index in [2.05, 4.69) is 10.6 Å². The number of hydrogen-bond donors (Lipinski definition) is 3. The number of carbonyl (C=O) groups is 3. The number of aliphatic carboxylic acids is 1. The molecule has 0 fully saturated rings. The Hall–Kier alpha value is -2.57. The van der Waals surface area contributed by atoms with Crippen LogP contribution in [0.25, 0.3) is 0 Å². The van der Waals surface area contributed by atoms with Crippen LogP contribution in [0.3, 0.4) is 0 Å². The average molecular weight is 333 g/mol. The molecule has 130 valence electrons. The molecule has 0 saturated heterocycles. The van der Waals surface area contributed by atoms with Crippen molar-refractivity contribution in [2.45, 2.75) is 39.0 Å². The molecule has 1 aliphatic rings. The maximum atomic E-state index is 12.1. The largest absolute Gasteiger partial charge is 0.481 e. The van der Waals surface area contributed by atoms with E-state index in [0.29, 0.717) is 31.6 Å². The molecule has 0 unspecified atom stereocenters. The Morgan fingerprint density at radius 1 is 1.21 bits per heavy atom. The van der Waals surface area contributed by atoms with Crippen molar-refractivity contribution in [3.8, 4) is 0 Å². The lowest BCUT2D eigenvalue weighted by Crippen LogP contribution is -2.38. The summed E-state index contributed by atoms with van der Waals surface area (Å²) in [6, 6.07) is 5.43. The third-order valence-electron chi connectivity index (χ3n) is 3.88. The summed E-state index contributed by atoms with van der Waals surface area (Å²) in [6.45, 7) is 3.07. The third kappa shape index (κ3) is 4.71. The molecule has 0 radical (unpaired) electrons. The van der Waals surface area contributed by atoms with Crippen LogP contribution in [0.5, 0.6) is 0 Å². The first-order valence-corrected chi connectivity index (χ1v) is 8.21. The quantitative estimate of drug-likeness (QED) is 0.667. The van der Waals surface area contributed by atoms with Crippen molar-refractivity contribution in [3.05, 3.63) is 23.8 Å². The molecule has 0 aromatic heterocycles. The van der Waals surface area contributed by atoms with E-state index in [9.17, 15) is 14.4 Å². The lowest BCUT2D eigenvalue weighted by Gasteiger charge is -2.18. The van der Waals surface area contributed by atoms with Crippen LogP contribution in [0.1, 0.15) is 38.2 Å². The van der Waals surface area contributed by atoms with E-state index in [-0.39, 0.29) is 24.8 Å². The van der Waals surface area contributed by atoms with Gasteiger partial charge in [0.1, 0.15) is 0 Å². The molecule has 1 heterocycles. The van der Waals surface area contributed by atoms with Crippen LogP contribution >= 0.6 is 0 Å². The molecule has 7 heteroatoms. The Labute approximate surface area is 141 Å². The molecule has 0 aliphatic carbocycles. The first-order chi connectivity index (χ1) is 11.5. The fourth-order valence-electron chi connectivity index (χ4n) is 2.70. The van der Waals surface area contributed by atoms with E-state index in [4.69, 9.17) is 5.11 Å². The van der Waals surface area contributed by atoms with E-state index in [1.54, 1.807) is 4.90 Å². The van der Waals surface area contributed by atoms with Gasteiger partial charge in [-0.1, -0.05) is 6.07 Å². The number of carboxylic acids is 1. The van der Waals surface area contributed by atoms with E-state index >= 15 is 0 Å². The van der Waals surface area contributed by atoms with Crippen molar-refractivity contribution in [3.63, 3.8) is 0 Å². The van der Waals surface area contributed by atoms with Gasteiger partial charge >= 0.3 is 12.0 Å². The van der Waals surface area contributed by atoms with Gasteiger partial charge in [-0.15, -0.1) is 0 Å². The highest BCUT2D eigenvalue weighted by molar-refractivity contribution is 5.96. The van der Waals surface area contributed by atoms with Gasteiger partial charge in [-0.25, -0.2) is 4.79 Å². The first kappa shape index (κ1) is 17.8. The van der Waals surface area contributed by atoms with Gasteiger partial charge in [-0.05, 0) is 43.9 Å². The Balaban J connectivity index is 1.93. The predicted molar refractivity (Wildman–Crippen MR) is 91.3 cm³/mol. The molecule has 3 N–H and O–H groups in total. The number of unbranched alkanes of at least 4 members (excludes halogenated alkanes) is 1. The van der Waals surface area contributed by atoms with Gasteiger partial charge in [0.05, 0.1) is 5.69 Å². The molecule has 1 aromatic rings. The van der Waals surface area contributed by atoms with E-state index in [0.717, 1.165) is 17.7 Å². The maximum absolute atomic E-state index is 12.1. The number of benzene rings is 1. The van der Waals surface area contributed by atoms with Gasteiger partial charge in [0, 0.05) is 31.6 Å². The van der Waals surface area contributed by atoms with Crippen molar-refractivity contribution in [1.29, 1.82) is 0 Å². The summed E-state index contributed by atoms with van der Waals surface area (Å²) in [4.78, 5) is 36.1. The minimum atomic E-state index is -0.848. The fraction of sp³-hybridized carbons (Fsp3) is 0.471. The molecule has 0 spiro atoms. The van der Waals surface area contributed by atoms with Gasteiger partial charge in [-0.2, -0.15) is 0 Å². The summed E-state index contributed by atoms with van der Waals surface area (Å²) in [5.74, 6) is -0.998. The highest BCUT2D eigenvalue weighted by Crippen LogP contribution is 2.31. The highest BCUT2D eigenvalue weighted by atomic mass is 16.4. The number of amides is 3. The molecular weight excluding hydrogens is 310 g/mol. The minimum Gasteiger partial charge on any atom is -0.481 e. The average Bonchev–Trinajstić information content (AvgIpc) is 2.95. The smallest absolute Gasteiger partial charge is 0.321 e. The second-order valence-corrected chi connectivity index (χ2v) is 5.73. The van der Waals surface area contributed by atoms with Crippen LogP contribution in [0.4, 0.5) is 16.2 Å². The second kappa shape index (κ2) is 8.33. The number of nitrogens with zero attached hydrogens (tertiary/aromatic N) is 1. The maximum Gasteiger partial charge on any atom is 0.321 e. The molecule has 2 rings (SSSR count). The van der Waals surface area contributed by atoms with Crippen LogP contribution < -0.4 is 15.5 Å². The topological polar surface area (TPSA) is 98.7 Å². The Morgan fingerprint density at radius 3 is 2.67 bits per heavy atom. The third-order valence-corrected chi connectivity index (χ3v) is 3.88. The van der Waals surface area contributed by atoms with Gasteiger partial charge in [-0.3, -0.25) is 14.5 Å². The summed E-state index contributed by atoms with van der Waals surface area (Å²) in [7, 11) is 0. The van der Waals surface area contributed by atoms with Crippen LogP contribution in [0, 0.1) is 0 Å². The molecule has 24 heavy (non-hydrogen) atoms. The number of urea groups is 1. The zero-order valence-electron chi connectivity index (χ0n) is 13.8. The molecule has 7 nitrogen and oxygen atoms in total. The number of rotatable bonds is 7. The number of carboxylic acid groups (broad SMARTS) is 1. The molecule has 0 saturated carbocycles. The van der Waals surface area contributed by atoms with Crippen LogP contribution in [-0.2, 0) is 16.0 Å². The van der Waals surface area contributed by atoms with Crippen molar-refractivity contribution < 1.29 is 19.5 Å². The molecule has 1 aromatic carbocycles.